The van der Waals surface area contributed by atoms with E-state index in [9.17, 15) is 9.90 Å². The molecule has 150 valence electrons. The molecule has 2 aromatic carbocycles. The van der Waals surface area contributed by atoms with Gasteiger partial charge in [-0.15, -0.1) is 0 Å². The van der Waals surface area contributed by atoms with Crippen molar-refractivity contribution in [1.29, 1.82) is 0 Å². The number of phenolic OH excluding ortho intramolecular Hbond substituents is 1. The minimum absolute atomic E-state index is 0.0900. The predicted octanol–water partition coefficient (Wildman–Crippen LogP) is 4.22. The Bertz CT molecular complexity index is 790. The molecule has 0 radical (unpaired) electrons. The van der Waals surface area contributed by atoms with Crippen LogP contribution in [0.4, 0.5) is 0 Å². The van der Waals surface area contributed by atoms with Gasteiger partial charge in [0.05, 0.1) is 5.02 Å². The summed E-state index contributed by atoms with van der Waals surface area (Å²) in [5.41, 5.74) is 2.30. The zero-order chi connectivity index (χ0) is 20.1. The van der Waals surface area contributed by atoms with E-state index in [0.717, 1.165) is 12.0 Å². The van der Waals surface area contributed by atoms with Gasteiger partial charge >= 0.3 is 0 Å². The summed E-state index contributed by atoms with van der Waals surface area (Å²) >= 11 is 6.02. The van der Waals surface area contributed by atoms with E-state index in [1.54, 1.807) is 12.1 Å². The second-order valence-corrected chi connectivity index (χ2v) is 8.38. The third-order valence-electron chi connectivity index (χ3n) is 5.57. The first kappa shape index (κ1) is 20.7. The maximum Gasteiger partial charge on any atom is 0.220 e. The lowest BCUT2D eigenvalue weighted by Crippen LogP contribution is -2.42. The minimum atomic E-state index is 0.0900. The number of hydrogen-bond acceptors (Lipinski definition) is 3. The van der Waals surface area contributed by atoms with Crippen molar-refractivity contribution in [2.24, 2.45) is 5.92 Å². The summed E-state index contributed by atoms with van der Waals surface area (Å²) in [5, 5.41) is 13.1. The summed E-state index contributed by atoms with van der Waals surface area (Å²) < 4.78 is 0. The van der Waals surface area contributed by atoms with Gasteiger partial charge in [0.15, 0.2) is 0 Å². The van der Waals surface area contributed by atoms with Crippen LogP contribution in [0.5, 0.6) is 5.75 Å². The average molecular weight is 401 g/mol. The van der Waals surface area contributed by atoms with E-state index in [1.165, 1.54) is 18.4 Å². The lowest BCUT2D eigenvalue weighted by atomic mass is 9.90. The molecule has 0 heterocycles. The normalized spacial score (nSPS) is 16.0. The second-order valence-electron chi connectivity index (χ2n) is 7.97. The van der Waals surface area contributed by atoms with Gasteiger partial charge in [-0.2, -0.15) is 0 Å². The molecule has 1 aliphatic carbocycles. The van der Waals surface area contributed by atoms with E-state index in [1.807, 2.05) is 38.4 Å². The highest BCUT2D eigenvalue weighted by Crippen LogP contribution is 2.44. The number of benzene rings is 2. The summed E-state index contributed by atoms with van der Waals surface area (Å²) in [6.07, 6.45) is 3.72. The van der Waals surface area contributed by atoms with Gasteiger partial charge in [-0.05, 0) is 68.5 Å². The molecule has 2 N–H and O–H groups in total. The van der Waals surface area contributed by atoms with Crippen molar-refractivity contribution in [2.75, 3.05) is 20.6 Å². The summed E-state index contributed by atoms with van der Waals surface area (Å²) in [6.45, 7) is 0.580. The fourth-order valence-electron chi connectivity index (χ4n) is 3.65. The first-order chi connectivity index (χ1) is 13.4. The fourth-order valence-corrected chi connectivity index (χ4v) is 3.85. The van der Waals surface area contributed by atoms with Crippen molar-refractivity contribution >= 4 is 17.5 Å². The largest absolute Gasteiger partial charge is 0.506 e. The molecule has 5 heteroatoms. The Morgan fingerprint density at radius 1 is 1.21 bits per heavy atom. The van der Waals surface area contributed by atoms with Crippen LogP contribution in [0.25, 0.3) is 0 Å². The Labute approximate surface area is 172 Å². The first-order valence-electron chi connectivity index (χ1n) is 9.89. The van der Waals surface area contributed by atoms with Crippen LogP contribution in [0.15, 0.2) is 48.5 Å². The molecule has 1 saturated carbocycles. The summed E-state index contributed by atoms with van der Waals surface area (Å²) in [5.74, 6) is 1.15. The zero-order valence-electron chi connectivity index (χ0n) is 16.6. The average Bonchev–Trinajstić information content (AvgIpc) is 3.51. The highest BCUT2D eigenvalue weighted by Gasteiger charge is 2.33. The fraction of sp³-hybridized carbons (Fsp3) is 0.435. The van der Waals surface area contributed by atoms with Crippen molar-refractivity contribution in [3.63, 3.8) is 0 Å². The van der Waals surface area contributed by atoms with E-state index >= 15 is 0 Å². The number of phenols is 1. The second kappa shape index (κ2) is 9.44. The van der Waals surface area contributed by atoms with Crippen molar-refractivity contribution in [2.45, 2.75) is 37.6 Å². The Kier molecular flexibility index (Phi) is 6.97. The van der Waals surface area contributed by atoms with Gasteiger partial charge in [0, 0.05) is 19.0 Å². The van der Waals surface area contributed by atoms with Gasteiger partial charge in [0.1, 0.15) is 5.75 Å². The maximum atomic E-state index is 12.7. The van der Waals surface area contributed by atoms with E-state index in [0.29, 0.717) is 29.8 Å². The van der Waals surface area contributed by atoms with Gasteiger partial charge in [-0.25, -0.2) is 0 Å². The number of nitrogens with zero attached hydrogens (tertiary/aromatic N) is 1. The monoisotopic (exact) mass is 400 g/mol. The first-order valence-corrected chi connectivity index (χ1v) is 10.3. The molecule has 0 saturated heterocycles. The summed E-state index contributed by atoms with van der Waals surface area (Å²) in [7, 11) is 4.02. The molecule has 1 amide bonds. The third kappa shape index (κ3) is 5.73. The number of carbonyl (C=O) groups is 1. The Balaban J connectivity index is 1.56. The van der Waals surface area contributed by atoms with Gasteiger partial charge in [0.2, 0.25) is 5.91 Å². The molecule has 0 spiro atoms. The number of likely N-dealkylation sites (N-methyl/N-ethyl adjacent to an activating group) is 1. The topological polar surface area (TPSA) is 52.6 Å². The quantitative estimate of drug-likeness (QED) is 0.662. The predicted molar refractivity (Wildman–Crippen MR) is 114 cm³/mol. The maximum absolute atomic E-state index is 12.7. The lowest BCUT2D eigenvalue weighted by Gasteiger charge is -2.25. The number of nitrogens with one attached hydrogen (secondary N) is 1. The molecule has 0 unspecified atom stereocenters. The number of carbonyl (C=O) groups excluding carboxylic acids is 1. The minimum Gasteiger partial charge on any atom is -0.506 e. The highest BCUT2D eigenvalue weighted by atomic mass is 35.5. The molecule has 28 heavy (non-hydrogen) atoms. The SMILES string of the molecule is CN(C)[C@H](CNC(=O)C[C@@H](c1ccccc1)C1CC1)Cc1ccc(O)c(Cl)c1. The lowest BCUT2D eigenvalue weighted by molar-refractivity contribution is -0.121. The van der Waals surface area contributed by atoms with Crippen LogP contribution in [0.1, 0.15) is 36.3 Å². The van der Waals surface area contributed by atoms with Gasteiger partial charge in [0.25, 0.3) is 0 Å². The van der Waals surface area contributed by atoms with Crippen LogP contribution < -0.4 is 5.32 Å². The van der Waals surface area contributed by atoms with Gasteiger partial charge in [-0.1, -0.05) is 48.0 Å². The summed E-state index contributed by atoms with van der Waals surface area (Å²) in [4.78, 5) is 14.8. The zero-order valence-corrected chi connectivity index (χ0v) is 17.3. The molecule has 1 fully saturated rings. The molecular formula is C23H29ClN2O2. The van der Waals surface area contributed by atoms with Crippen molar-refractivity contribution in [3.05, 3.63) is 64.7 Å². The number of amides is 1. The molecule has 0 aliphatic heterocycles. The van der Waals surface area contributed by atoms with Crippen molar-refractivity contribution < 1.29 is 9.90 Å². The summed E-state index contributed by atoms with van der Waals surface area (Å²) in [6, 6.07) is 15.8. The molecule has 2 atom stereocenters. The van der Waals surface area contributed by atoms with E-state index in [-0.39, 0.29) is 17.7 Å². The van der Waals surface area contributed by atoms with E-state index < -0.39 is 0 Å². The Morgan fingerprint density at radius 3 is 2.54 bits per heavy atom. The number of aromatic hydroxyl groups is 1. The van der Waals surface area contributed by atoms with E-state index in [4.69, 9.17) is 11.6 Å². The van der Waals surface area contributed by atoms with Crippen LogP contribution in [0.2, 0.25) is 5.02 Å². The van der Waals surface area contributed by atoms with Crippen LogP contribution >= 0.6 is 11.6 Å². The highest BCUT2D eigenvalue weighted by molar-refractivity contribution is 6.32. The molecule has 0 aromatic heterocycles. The molecule has 4 nitrogen and oxygen atoms in total. The molecule has 0 bridgehead atoms. The van der Waals surface area contributed by atoms with Crippen LogP contribution in [-0.4, -0.2) is 42.6 Å². The van der Waals surface area contributed by atoms with Crippen LogP contribution in [-0.2, 0) is 11.2 Å². The Hall–Kier alpha value is -2.04. The third-order valence-corrected chi connectivity index (χ3v) is 5.88. The number of halogens is 1. The van der Waals surface area contributed by atoms with Gasteiger partial charge in [-0.3, -0.25) is 4.79 Å². The number of rotatable bonds is 9. The number of hydrogen-bond donors (Lipinski definition) is 2. The molecule has 2 aromatic rings. The van der Waals surface area contributed by atoms with Gasteiger partial charge < -0.3 is 15.3 Å². The molecular weight excluding hydrogens is 372 g/mol. The smallest absolute Gasteiger partial charge is 0.220 e. The van der Waals surface area contributed by atoms with Crippen molar-refractivity contribution in [3.8, 4) is 5.75 Å². The van der Waals surface area contributed by atoms with Crippen LogP contribution in [0, 0.1) is 5.92 Å². The van der Waals surface area contributed by atoms with Crippen molar-refractivity contribution in [1.82, 2.24) is 10.2 Å². The molecule has 3 rings (SSSR count). The molecule has 1 aliphatic rings. The van der Waals surface area contributed by atoms with Crippen LogP contribution in [0.3, 0.4) is 0 Å². The standard InChI is InChI=1S/C23H29ClN2O2/c1-26(2)19(12-16-8-11-22(27)21(24)13-16)15-25-23(28)14-20(18-9-10-18)17-6-4-3-5-7-17/h3-8,11,13,18-20,27H,9-10,12,14-15H2,1-2H3,(H,25,28)/t19-,20-/m0/s1. The van der Waals surface area contributed by atoms with E-state index in [2.05, 4.69) is 22.3 Å². The Morgan fingerprint density at radius 2 is 1.93 bits per heavy atom.